The maximum Gasteiger partial charge on any atom is 0.229 e. The van der Waals surface area contributed by atoms with Crippen molar-refractivity contribution in [2.24, 2.45) is 5.73 Å². The van der Waals surface area contributed by atoms with E-state index in [1.807, 2.05) is 0 Å². The van der Waals surface area contributed by atoms with Crippen molar-refractivity contribution in [3.05, 3.63) is 11.7 Å². The molecule has 1 aromatic rings. The van der Waals surface area contributed by atoms with E-state index in [1.165, 1.54) is 12.8 Å². The highest BCUT2D eigenvalue weighted by Crippen LogP contribution is 2.39. The smallest absolute Gasteiger partial charge is 0.229 e. The average Bonchev–Trinajstić information content (AvgIpc) is 2.93. The van der Waals surface area contributed by atoms with Gasteiger partial charge < -0.3 is 10.3 Å². The maximum atomic E-state index is 5.93. The zero-order valence-electron chi connectivity index (χ0n) is 8.57. The van der Waals surface area contributed by atoms with E-state index < -0.39 is 0 Å². The van der Waals surface area contributed by atoms with E-state index in [4.69, 9.17) is 10.3 Å². The molecule has 0 amide bonds. The molecule has 1 heterocycles. The molecule has 0 radical (unpaired) electrons. The molecule has 14 heavy (non-hydrogen) atoms. The first-order valence-corrected chi connectivity index (χ1v) is 5.40. The Morgan fingerprint density at radius 3 is 3.00 bits per heavy atom. The second kappa shape index (κ2) is 4.09. The molecule has 1 aromatic heterocycles. The van der Waals surface area contributed by atoms with Gasteiger partial charge in [-0.3, -0.25) is 0 Å². The fourth-order valence-electron chi connectivity index (χ4n) is 1.45. The lowest BCUT2D eigenvalue weighted by Gasteiger charge is -2.03. The third-order valence-corrected chi connectivity index (χ3v) is 2.58. The van der Waals surface area contributed by atoms with Crippen molar-refractivity contribution >= 4 is 0 Å². The Kier molecular flexibility index (Phi) is 2.82. The van der Waals surface area contributed by atoms with Crippen LogP contribution in [0.1, 0.15) is 62.7 Å². The van der Waals surface area contributed by atoms with Crippen LogP contribution in [0.3, 0.4) is 0 Å². The SMILES string of the molecule is CCCCC(N)c1noc(C2CC2)n1. The van der Waals surface area contributed by atoms with Crippen molar-refractivity contribution in [2.45, 2.75) is 51.0 Å². The Hall–Kier alpha value is -0.900. The Morgan fingerprint density at radius 2 is 2.36 bits per heavy atom. The average molecular weight is 195 g/mol. The van der Waals surface area contributed by atoms with Crippen LogP contribution in [0.2, 0.25) is 0 Å². The van der Waals surface area contributed by atoms with Crippen LogP contribution in [0, 0.1) is 0 Å². The molecule has 0 saturated heterocycles. The number of unbranched alkanes of at least 4 members (excludes halogenated alkanes) is 1. The molecule has 1 saturated carbocycles. The van der Waals surface area contributed by atoms with Crippen molar-refractivity contribution in [3.63, 3.8) is 0 Å². The predicted molar refractivity (Wildman–Crippen MR) is 52.7 cm³/mol. The number of hydrogen-bond donors (Lipinski definition) is 1. The van der Waals surface area contributed by atoms with Crippen LogP contribution in [-0.2, 0) is 0 Å². The number of nitrogens with two attached hydrogens (primary N) is 1. The summed E-state index contributed by atoms with van der Waals surface area (Å²) in [6.45, 7) is 2.15. The summed E-state index contributed by atoms with van der Waals surface area (Å²) in [5.41, 5.74) is 5.93. The summed E-state index contributed by atoms with van der Waals surface area (Å²) in [4.78, 5) is 4.32. The van der Waals surface area contributed by atoms with Crippen LogP contribution < -0.4 is 5.73 Å². The van der Waals surface area contributed by atoms with Gasteiger partial charge in [0.15, 0.2) is 5.82 Å². The van der Waals surface area contributed by atoms with Gasteiger partial charge in [-0.1, -0.05) is 24.9 Å². The van der Waals surface area contributed by atoms with E-state index in [9.17, 15) is 0 Å². The van der Waals surface area contributed by atoms with Crippen LogP contribution in [0.4, 0.5) is 0 Å². The van der Waals surface area contributed by atoms with Crippen molar-refractivity contribution in [1.82, 2.24) is 10.1 Å². The normalized spacial score (nSPS) is 18.4. The second-order valence-electron chi connectivity index (χ2n) is 4.01. The monoisotopic (exact) mass is 195 g/mol. The van der Waals surface area contributed by atoms with Gasteiger partial charge in [0.1, 0.15) is 0 Å². The van der Waals surface area contributed by atoms with E-state index in [2.05, 4.69) is 17.1 Å². The minimum Gasteiger partial charge on any atom is -0.339 e. The van der Waals surface area contributed by atoms with Crippen molar-refractivity contribution in [1.29, 1.82) is 0 Å². The van der Waals surface area contributed by atoms with Crippen LogP contribution in [-0.4, -0.2) is 10.1 Å². The van der Waals surface area contributed by atoms with Gasteiger partial charge in [-0.25, -0.2) is 0 Å². The van der Waals surface area contributed by atoms with Crippen LogP contribution in [0.15, 0.2) is 4.52 Å². The zero-order chi connectivity index (χ0) is 9.97. The van der Waals surface area contributed by atoms with E-state index in [0.29, 0.717) is 11.7 Å². The number of rotatable bonds is 5. The van der Waals surface area contributed by atoms with Crippen molar-refractivity contribution in [2.75, 3.05) is 0 Å². The van der Waals surface area contributed by atoms with Gasteiger partial charge in [-0.05, 0) is 19.3 Å². The van der Waals surface area contributed by atoms with Crippen LogP contribution in [0.5, 0.6) is 0 Å². The van der Waals surface area contributed by atoms with E-state index in [-0.39, 0.29) is 6.04 Å². The van der Waals surface area contributed by atoms with Crippen molar-refractivity contribution in [3.8, 4) is 0 Å². The third-order valence-electron chi connectivity index (χ3n) is 2.58. The first kappa shape index (κ1) is 9.65. The predicted octanol–water partition coefficient (Wildman–Crippen LogP) is 2.14. The fraction of sp³-hybridized carbons (Fsp3) is 0.800. The summed E-state index contributed by atoms with van der Waals surface area (Å²) in [6.07, 6.45) is 5.59. The van der Waals surface area contributed by atoms with Crippen LogP contribution >= 0.6 is 0 Å². The topological polar surface area (TPSA) is 64.9 Å². The second-order valence-corrected chi connectivity index (χ2v) is 4.01. The Balaban J connectivity index is 1.93. The van der Waals surface area contributed by atoms with Crippen LogP contribution in [0.25, 0.3) is 0 Å². The Labute approximate surface area is 83.9 Å². The lowest BCUT2D eigenvalue weighted by atomic mass is 10.1. The van der Waals surface area contributed by atoms with Gasteiger partial charge in [-0.15, -0.1) is 0 Å². The minimum absolute atomic E-state index is 0.0498. The summed E-state index contributed by atoms with van der Waals surface area (Å²) in [7, 11) is 0. The summed E-state index contributed by atoms with van der Waals surface area (Å²) in [5, 5.41) is 3.92. The number of hydrogen-bond acceptors (Lipinski definition) is 4. The summed E-state index contributed by atoms with van der Waals surface area (Å²) < 4.78 is 5.15. The van der Waals surface area contributed by atoms with Crippen molar-refractivity contribution < 1.29 is 4.52 Å². The molecule has 0 aromatic carbocycles. The summed E-state index contributed by atoms with van der Waals surface area (Å²) in [6, 6.07) is -0.0498. The third kappa shape index (κ3) is 2.12. The highest BCUT2D eigenvalue weighted by molar-refractivity contribution is 5.03. The molecule has 4 heteroatoms. The van der Waals surface area contributed by atoms with Gasteiger partial charge in [0, 0.05) is 5.92 Å². The first-order chi connectivity index (χ1) is 6.81. The van der Waals surface area contributed by atoms with E-state index in [0.717, 1.165) is 25.2 Å². The minimum atomic E-state index is -0.0498. The first-order valence-electron chi connectivity index (χ1n) is 5.40. The van der Waals surface area contributed by atoms with E-state index in [1.54, 1.807) is 0 Å². The molecule has 4 nitrogen and oxygen atoms in total. The zero-order valence-corrected chi connectivity index (χ0v) is 8.57. The highest BCUT2D eigenvalue weighted by atomic mass is 16.5. The van der Waals surface area contributed by atoms with Gasteiger partial charge in [0.25, 0.3) is 0 Å². The molecule has 78 valence electrons. The molecule has 0 bridgehead atoms. The molecule has 1 atom stereocenters. The van der Waals surface area contributed by atoms with Gasteiger partial charge in [0.2, 0.25) is 5.89 Å². The molecule has 2 rings (SSSR count). The quantitative estimate of drug-likeness (QED) is 0.781. The molecule has 1 aliphatic carbocycles. The molecule has 1 aliphatic rings. The maximum absolute atomic E-state index is 5.93. The molecule has 1 fully saturated rings. The van der Waals surface area contributed by atoms with Gasteiger partial charge in [0.05, 0.1) is 6.04 Å². The molecule has 2 N–H and O–H groups in total. The van der Waals surface area contributed by atoms with Gasteiger partial charge in [-0.2, -0.15) is 4.98 Å². The Morgan fingerprint density at radius 1 is 1.57 bits per heavy atom. The molecule has 0 aliphatic heterocycles. The van der Waals surface area contributed by atoms with E-state index >= 15 is 0 Å². The summed E-state index contributed by atoms with van der Waals surface area (Å²) in [5.74, 6) is 1.99. The standard InChI is InChI=1S/C10H17N3O/c1-2-3-4-8(11)9-12-10(14-13-9)7-5-6-7/h7-8H,2-6,11H2,1H3. The Bertz CT molecular complexity index is 293. The number of nitrogens with zero attached hydrogens (tertiary/aromatic N) is 2. The summed E-state index contributed by atoms with van der Waals surface area (Å²) >= 11 is 0. The lowest BCUT2D eigenvalue weighted by Crippen LogP contribution is -2.11. The molecular formula is C10H17N3O. The molecule has 0 spiro atoms. The highest BCUT2D eigenvalue weighted by Gasteiger charge is 2.30. The number of aromatic nitrogens is 2. The van der Waals surface area contributed by atoms with Gasteiger partial charge >= 0.3 is 0 Å². The lowest BCUT2D eigenvalue weighted by molar-refractivity contribution is 0.369. The largest absolute Gasteiger partial charge is 0.339 e. The molecular weight excluding hydrogens is 178 g/mol. The fourth-order valence-corrected chi connectivity index (χ4v) is 1.45. The molecule has 1 unspecified atom stereocenters.